The molecule has 1 aromatic heterocycles. The van der Waals surface area contributed by atoms with Crippen LogP contribution in [0, 0.1) is 6.92 Å². The van der Waals surface area contributed by atoms with Gasteiger partial charge < -0.3 is 14.5 Å². The van der Waals surface area contributed by atoms with Gasteiger partial charge in [-0.1, -0.05) is 11.6 Å². The molecule has 2 rings (SSSR count). The molecule has 2 aromatic rings. The molecule has 17 heavy (non-hydrogen) atoms. The van der Waals surface area contributed by atoms with E-state index < -0.39 is 0 Å². The van der Waals surface area contributed by atoms with Crippen molar-refractivity contribution in [3.8, 4) is 11.8 Å². The van der Waals surface area contributed by atoms with Crippen LogP contribution in [0.25, 0.3) is 0 Å². The molecule has 0 aliphatic carbocycles. The molecular formula is C12H13ClN2O2. The second-order valence-electron chi connectivity index (χ2n) is 3.65. The lowest BCUT2D eigenvalue weighted by Gasteiger charge is -2.02. The fraction of sp³-hybridized carbons (Fsp3) is 0.250. The van der Waals surface area contributed by atoms with Gasteiger partial charge in [-0.05, 0) is 37.7 Å². The predicted octanol–water partition coefficient (Wildman–Crippen LogP) is 3.15. The predicted molar refractivity (Wildman–Crippen MR) is 65.5 cm³/mol. The van der Waals surface area contributed by atoms with Crippen LogP contribution in [-0.2, 0) is 6.54 Å². The smallest absolute Gasteiger partial charge is 0.399 e. The van der Waals surface area contributed by atoms with Crippen molar-refractivity contribution in [2.45, 2.75) is 13.5 Å². The minimum atomic E-state index is 0.233. The highest BCUT2D eigenvalue weighted by Gasteiger charge is 2.06. The van der Waals surface area contributed by atoms with Gasteiger partial charge in [-0.15, -0.1) is 0 Å². The molecule has 1 aromatic carbocycles. The highest BCUT2D eigenvalue weighted by Crippen LogP contribution is 2.25. The monoisotopic (exact) mass is 252 g/mol. The van der Waals surface area contributed by atoms with Crippen molar-refractivity contribution in [1.82, 2.24) is 10.3 Å². The van der Waals surface area contributed by atoms with E-state index in [0.717, 1.165) is 11.3 Å². The quantitative estimate of drug-likeness (QED) is 0.908. The fourth-order valence-corrected chi connectivity index (χ4v) is 1.50. The summed E-state index contributed by atoms with van der Waals surface area (Å²) in [6, 6.07) is 5.39. The normalized spacial score (nSPS) is 10.5. The Kier molecular flexibility index (Phi) is 3.66. The number of hydrogen-bond acceptors (Lipinski definition) is 4. The van der Waals surface area contributed by atoms with Crippen LogP contribution in [0.4, 0.5) is 0 Å². The van der Waals surface area contributed by atoms with Crippen molar-refractivity contribution in [1.29, 1.82) is 0 Å². The average molecular weight is 253 g/mol. The van der Waals surface area contributed by atoms with Crippen LogP contribution in [0.5, 0.6) is 11.8 Å². The molecule has 90 valence electrons. The Labute approximate surface area is 105 Å². The highest BCUT2D eigenvalue weighted by atomic mass is 35.5. The zero-order valence-electron chi connectivity index (χ0n) is 9.66. The van der Waals surface area contributed by atoms with Gasteiger partial charge >= 0.3 is 6.08 Å². The summed E-state index contributed by atoms with van der Waals surface area (Å²) in [5.41, 5.74) is 1.75. The van der Waals surface area contributed by atoms with Gasteiger partial charge in [-0.2, -0.15) is 4.98 Å². The number of halogens is 1. The molecule has 0 saturated heterocycles. The summed E-state index contributed by atoms with van der Waals surface area (Å²) < 4.78 is 10.7. The fourth-order valence-electron chi connectivity index (χ4n) is 1.38. The first kappa shape index (κ1) is 12.0. The molecule has 0 aliphatic rings. The average Bonchev–Trinajstić information content (AvgIpc) is 2.72. The lowest BCUT2D eigenvalue weighted by molar-refractivity contribution is 0.330. The topological polar surface area (TPSA) is 47.3 Å². The maximum Gasteiger partial charge on any atom is 0.399 e. The maximum atomic E-state index is 5.93. The van der Waals surface area contributed by atoms with Gasteiger partial charge in [0.25, 0.3) is 0 Å². The van der Waals surface area contributed by atoms with Crippen molar-refractivity contribution in [2.75, 3.05) is 7.05 Å². The molecule has 0 fully saturated rings. The van der Waals surface area contributed by atoms with Crippen molar-refractivity contribution < 1.29 is 9.15 Å². The van der Waals surface area contributed by atoms with Crippen LogP contribution in [0.1, 0.15) is 11.3 Å². The van der Waals surface area contributed by atoms with E-state index in [4.69, 9.17) is 20.8 Å². The van der Waals surface area contributed by atoms with Crippen molar-refractivity contribution in [3.05, 3.63) is 40.7 Å². The van der Waals surface area contributed by atoms with E-state index in [1.54, 1.807) is 18.4 Å². The van der Waals surface area contributed by atoms with E-state index >= 15 is 0 Å². The Morgan fingerprint density at radius 1 is 1.47 bits per heavy atom. The Balaban J connectivity index is 2.11. The minimum absolute atomic E-state index is 0.233. The zero-order valence-corrected chi connectivity index (χ0v) is 10.4. The SMILES string of the molecule is CNCc1coc(Oc2ccc(Cl)c(C)c2)n1. The van der Waals surface area contributed by atoms with Gasteiger partial charge in [0.2, 0.25) is 0 Å². The molecular weight excluding hydrogens is 240 g/mol. The zero-order chi connectivity index (χ0) is 12.3. The van der Waals surface area contributed by atoms with Crippen LogP contribution in [0.3, 0.4) is 0 Å². The number of rotatable bonds is 4. The molecule has 0 saturated carbocycles. The molecule has 0 spiro atoms. The van der Waals surface area contributed by atoms with E-state index in [1.165, 1.54) is 0 Å². The van der Waals surface area contributed by atoms with Gasteiger partial charge in [0.15, 0.2) is 0 Å². The largest absolute Gasteiger partial charge is 0.417 e. The third kappa shape index (κ3) is 2.99. The first-order chi connectivity index (χ1) is 8.19. The van der Waals surface area contributed by atoms with Crippen LogP contribution >= 0.6 is 11.6 Å². The molecule has 0 radical (unpaired) electrons. The summed E-state index contributed by atoms with van der Waals surface area (Å²) in [5.74, 6) is 0.657. The van der Waals surface area contributed by atoms with E-state index in [0.29, 0.717) is 17.3 Å². The first-order valence-electron chi connectivity index (χ1n) is 5.22. The lowest BCUT2D eigenvalue weighted by Crippen LogP contribution is -2.04. The van der Waals surface area contributed by atoms with Gasteiger partial charge in [-0.3, -0.25) is 0 Å². The highest BCUT2D eigenvalue weighted by molar-refractivity contribution is 6.31. The summed E-state index contributed by atoms with van der Waals surface area (Å²) in [5, 5.41) is 3.69. The number of nitrogens with one attached hydrogen (secondary N) is 1. The lowest BCUT2D eigenvalue weighted by atomic mass is 10.2. The summed E-state index contributed by atoms with van der Waals surface area (Å²) in [6.45, 7) is 2.56. The van der Waals surface area contributed by atoms with Crippen molar-refractivity contribution in [3.63, 3.8) is 0 Å². The third-order valence-electron chi connectivity index (χ3n) is 2.22. The van der Waals surface area contributed by atoms with Gasteiger partial charge in [0.1, 0.15) is 12.0 Å². The Morgan fingerprint density at radius 2 is 2.29 bits per heavy atom. The minimum Gasteiger partial charge on any atom is -0.417 e. The molecule has 0 aliphatic heterocycles. The number of ether oxygens (including phenoxy) is 1. The van der Waals surface area contributed by atoms with Crippen molar-refractivity contribution in [2.24, 2.45) is 0 Å². The Bertz CT molecular complexity index is 511. The molecule has 0 amide bonds. The summed E-state index contributed by atoms with van der Waals surface area (Å²) in [7, 11) is 1.85. The van der Waals surface area contributed by atoms with Gasteiger partial charge in [0, 0.05) is 11.6 Å². The molecule has 4 nitrogen and oxygen atoms in total. The second-order valence-corrected chi connectivity index (χ2v) is 4.06. The Hall–Kier alpha value is -1.52. The Morgan fingerprint density at radius 3 is 3.00 bits per heavy atom. The maximum absolute atomic E-state index is 5.93. The molecule has 0 atom stereocenters. The van der Waals surface area contributed by atoms with Gasteiger partial charge in [0.05, 0.1) is 5.69 Å². The van der Waals surface area contributed by atoms with E-state index in [-0.39, 0.29) is 6.08 Å². The number of aryl methyl sites for hydroxylation is 1. The van der Waals surface area contributed by atoms with E-state index in [9.17, 15) is 0 Å². The molecule has 1 heterocycles. The van der Waals surface area contributed by atoms with Crippen LogP contribution in [0.2, 0.25) is 5.02 Å². The third-order valence-corrected chi connectivity index (χ3v) is 2.65. The number of hydrogen-bond donors (Lipinski definition) is 1. The number of aromatic nitrogens is 1. The summed E-state index contributed by atoms with van der Waals surface area (Å²) >= 11 is 5.93. The second kappa shape index (κ2) is 5.21. The van der Waals surface area contributed by atoms with Gasteiger partial charge in [-0.25, -0.2) is 0 Å². The van der Waals surface area contributed by atoms with E-state index in [2.05, 4.69) is 10.3 Å². The number of nitrogens with zero attached hydrogens (tertiary/aromatic N) is 1. The molecule has 0 bridgehead atoms. The van der Waals surface area contributed by atoms with E-state index in [1.807, 2.05) is 20.0 Å². The van der Waals surface area contributed by atoms with Crippen LogP contribution in [0.15, 0.2) is 28.9 Å². The number of benzene rings is 1. The summed E-state index contributed by atoms with van der Waals surface area (Å²) in [4.78, 5) is 4.16. The first-order valence-corrected chi connectivity index (χ1v) is 5.60. The molecule has 5 heteroatoms. The summed E-state index contributed by atoms with van der Waals surface area (Å²) in [6.07, 6.45) is 1.80. The van der Waals surface area contributed by atoms with Crippen molar-refractivity contribution >= 4 is 11.6 Å². The van der Waals surface area contributed by atoms with Crippen LogP contribution < -0.4 is 10.1 Å². The van der Waals surface area contributed by atoms with Crippen LogP contribution in [-0.4, -0.2) is 12.0 Å². The molecule has 0 unspecified atom stereocenters. The molecule has 1 N–H and O–H groups in total. The number of oxazole rings is 1. The standard InChI is InChI=1S/C12H13ClN2O2/c1-8-5-10(3-4-11(8)13)17-12-15-9(6-14-2)7-16-12/h3-5,7,14H,6H2,1-2H3.